The molecule has 0 aliphatic carbocycles. The molecule has 0 spiro atoms. The fourth-order valence-corrected chi connectivity index (χ4v) is 2.57. The Hall–Kier alpha value is -1.26. The van der Waals surface area contributed by atoms with Gasteiger partial charge in [-0.2, -0.15) is 0 Å². The number of nitrogens with one attached hydrogen (secondary N) is 1. The van der Waals surface area contributed by atoms with Gasteiger partial charge in [0.1, 0.15) is 0 Å². The quantitative estimate of drug-likeness (QED) is 0.873. The minimum absolute atomic E-state index is 0.194. The molecule has 1 heterocycles. The third kappa shape index (κ3) is 3.61. The summed E-state index contributed by atoms with van der Waals surface area (Å²) in [7, 11) is 3.76. The molecule has 0 amide bonds. The number of piperidine rings is 1. The molecule has 0 saturated carbocycles. The van der Waals surface area contributed by atoms with Crippen LogP contribution in [0.5, 0.6) is 11.5 Å². The minimum Gasteiger partial charge on any atom is -0.504 e. The number of methoxy groups -OCH3 is 1. The Labute approximate surface area is 115 Å². The van der Waals surface area contributed by atoms with Crippen LogP contribution < -0.4 is 10.1 Å². The lowest BCUT2D eigenvalue weighted by atomic mass is 9.98. The van der Waals surface area contributed by atoms with Crippen molar-refractivity contribution in [2.24, 2.45) is 0 Å². The maximum atomic E-state index is 9.56. The molecule has 19 heavy (non-hydrogen) atoms. The normalized spacial score (nSPS) is 24.4. The van der Waals surface area contributed by atoms with Crippen molar-refractivity contribution in [3.63, 3.8) is 0 Å². The number of hydrogen-bond donors (Lipinski definition) is 2. The molecule has 1 saturated heterocycles. The number of ether oxygens (including phenoxy) is 1. The van der Waals surface area contributed by atoms with Crippen molar-refractivity contribution in [3.8, 4) is 11.5 Å². The Morgan fingerprint density at radius 2 is 2.26 bits per heavy atom. The second kappa shape index (κ2) is 6.26. The summed E-state index contributed by atoms with van der Waals surface area (Å²) in [4.78, 5) is 2.40. The molecular formula is C15H24N2O2. The van der Waals surface area contributed by atoms with E-state index in [1.54, 1.807) is 13.2 Å². The van der Waals surface area contributed by atoms with Crippen molar-refractivity contribution in [2.45, 2.75) is 38.4 Å². The monoisotopic (exact) mass is 264 g/mol. The van der Waals surface area contributed by atoms with Gasteiger partial charge in [0.25, 0.3) is 0 Å². The van der Waals surface area contributed by atoms with Crippen LogP contribution in [0.3, 0.4) is 0 Å². The Morgan fingerprint density at radius 1 is 1.47 bits per heavy atom. The van der Waals surface area contributed by atoms with Crippen molar-refractivity contribution in [1.82, 2.24) is 10.2 Å². The van der Waals surface area contributed by atoms with Crippen LogP contribution >= 0.6 is 0 Å². The van der Waals surface area contributed by atoms with Crippen LogP contribution in [-0.2, 0) is 6.54 Å². The molecule has 4 heteroatoms. The second-order valence-corrected chi connectivity index (χ2v) is 5.44. The fraction of sp³-hybridized carbons (Fsp3) is 0.600. The van der Waals surface area contributed by atoms with E-state index in [0.29, 0.717) is 17.8 Å². The average molecular weight is 264 g/mol. The largest absolute Gasteiger partial charge is 0.504 e. The van der Waals surface area contributed by atoms with Crippen LogP contribution in [0.4, 0.5) is 0 Å². The van der Waals surface area contributed by atoms with E-state index in [0.717, 1.165) is 18.7 Å². The van der Waals surface area contributed by atoms with Gasteiger partial charge < -0.3 is 20.1 Å². The zero-order valence-corrected chi connectivity index (χ0v) is 12.0. The topological polar surface area (TPSA) is 44.7 Å². The van der Waals surface area contributed by atoms with Crippen LogP contribution in [0.2, 0.25) is 0 Å². The lowest BCUT2D eigenvalue weighted by Crippen LogP contribution is -2.45. The SMILES string of the molecule is COc1cc(CNC2CCN(C)C(C)C2)ccc1O. The Kier molecular flexibility index (Phi) is 4.66. The van der Waals surface area contributed by atoms with Gasteiger partial charge in [-0.05, 0) is 51.1 Å². The summed E-state index contributed by atoms with van der Waals surface area (Å²) in [6.45, 7) is 4.24. The number of phenolic OH excluding ortho intramolecular Hbond substituents is 1. The number of phenols is 1. The van der Waals surface area contributed by atoms with Crippen LogP contribution in [0.25, 0.3) is 0 Å². The molecule has 0 radical (unpaired) electrons. The van der Waals surface area contributed by atoms with Crippen molar-refractivity contribution >= 4 is 0 Å². The summed E-state index contributed by atoms with van der Waals surface area (Å²) >= 11 is 0. The third-order valence-corrected chi connectivity index (χ3v) is 4.05. The second-order valence-electron chi connectivity index (χ2n) is 5.44. The number of aromatic hydroxyl groups is 1. The van der Waals surface area contributed by atoms with Crippen molar-refractivity contribution in [1.29, 1.82) is 0 Å². The first-order valence-electron chi connectivity index (χ1n) is 6.89. The standard InChI is InChI=1S/C15H24N2O2/c1-11-8-13(6-7-17(11)2)16-10-12-4-5-14(18)15(9-12)19-3/h4-5,9,11,13,16,18H,6-8,10H2,1-3H3. The highest BCUT2D eigenvalue weighted by molar-refractivity contribution is 5.41. The van der Waals surface area contributed by atoms with E-state index in [-0.39, 0.29) is 5.75 Å². The van der Waals surface area contributed by atoms with E-state index in [2.05, 4.69) is 24.2 Å². The average Bonchev–Trinajstić information content (AvgIpc) is 2.41. The van der Waals surface area contributed by atoms with Gasteiger partial charge in [-0.1, -0.05) is 6.07 Å². The maximum Gasteiger partial charge on any atom is 0.160 e. The lowest BCUT2D eigenvalue weighted by molar-refractivity contribution is 0.168. The smallest absolute Gasteiger partial charge is 0.160 e. The van der Waals surface area contributed by atoms with Crippen LogP contribution in [0.1, 0.15) is 25.3 Å². The molecule has 2 N–H and O–H groups in total. The summed E-state index contributed by atoms with van der Waals surface area (Å²) in [6.07, 6.45) is 2.38. The summed E-state index contributed by atoms with van der Waals surface area (Å²) in [5.74, 6) is 0.732. The molecule has 1 aromatic rings. The minimum atomic E-state index is 0.194. The molecule has 1 aliphatic rings. The van der Waals surface area contributed by atoms with Gasteiger partial charge >= 0.3 is 0 Å². The van der Waals surface area contributed by atoms with Gasteiger partial charge in [-0.15, -0.1) is 0 Å². The molecule has 0 bridgehead atoms. The fourth-order valence-electron chi connectivity index (χ4n) is 2.57. The van der Waals surface area contributed by atoms with Crippen molar-refractivity contribution in [2.75, 3.05) is 20.7 Å². The number of likely N-dealkylation sites (tertiary alicyclic amines) is 1. The van der Waals surface area contributed by atoms with Crippen LogP contribution in [-0.4, -0.2) is 42.8 Å². The van der Waals surface area contributed by atoms with E-state index in [1.807, 2.05) is 12.1 Å². The highest BCUT2D eigenvalue weighted by atomic mass is 16.5. The number of nitrogens with zero attached hydrogens (tertiary/aromatic N) is 1. The predicted octanol–water partition coefficient (Wildman–Crippen LogP) is 1.97. The van der Waals surface area contributed by atoms with Gasteiger partial charge in [0.05, 0.1) is 7.11 Å². The first kappa shape index (κ1) is 14.2. The molecule has 0 aromatic heterocycles. The van der Waals surface area contributed by atoms with Crippen LogP contribution in [0, 0.1) is 0 Å². The van der Waals surface area contributed by atoms with Gasteiger partial charge in [-0.25, -0.2) is 0 Å². The molecule has 2 rings (SSSR count). The molecule has 1 aliphatic heterocycles. The molecule has 2 atom stereocenters. The Balaban J connectivity index is 1.88. The predicted molar refractivity (Wildman–Crippen MR) is 76.6 cm³/mol. The summed E-state index contributed by atoms with van der Waals surface area (Å²) in [5.41, 5.74) is 1.14. The zero-order chi connectivity index (χ0) is 13.8. The summed E-state index contributed by atoms with van der Waals surface area (Å²) in [5, 5.41) is 13.2. The van der Waals surface area contributed by atoms with Gasteiger partial charge in [0.15, 0.2) is 11.5 Å². The molecule has 106 valence electrons. The zero-order valence-electron chi connectivity index (χ0n) is 12.0. The van der Waals surface area contributed by atoms with Gasteiger partial charge in [0.2, 0.25) is 0 Å². The maximum absolute atomic E-state index is 9.56. The van der Waals surface area contributed by atoms with E-state index in [9.17, 15) is 5.11 Å². The molecular weight excluding hydrogens is 240 g/mol. The molecule has 1 fully saturated rings. The Morgan fingerprint density at radius 3 is 2.95 bits per heavy atom. The third-order valence-electron chi connectivity index (χ3n) is 4.05. The number of rotatable bonds is 4. The van der Waals surface area contributed by atoms with Crippen LogP contribution in [0.15, 0.2) is 18.2 Å². The molecule has 4 nitrogen and oxygen atoms in total. The molecule has 2 unspecified atom stereocenters. The highest BCUT2D eigenvalue weighted by Crippen LogP contribution is 2.26. The Bertz CT molecular complexity index is 423. The number of hydrogen-bond acceptors (Lipinski definition) is 4. The summed E-state index contributed by atoms with van der Waals surface area (Å²) < 4.78 is 5.12. The van der Waals surface area contributed by atoms with E-state index < -0.39 is 0 Å². The highest BCUT2D eigenvalue weighted by Gasteiger charge is 2.22. The van der Waals surface area contributed by atoms with Crippen molar-refractivity contribution < 1.29 is 9.84 Å². The van der Waals surface area contributed by atoms with Crippen molar-refractivity contribution in [3.05, 3.63) is 23.8 Å². The van der Waals surface area contributed by atoms with E-state index >= 15 is 0 Å². The first-order valence-corrected chi connectivity index (χ1v) is 6.89. The van der Waals surface area contributed by atoms with E-state index in [1.165, 1.54) is 12.8 Å². The summed E-state index contributed by atoms with van der Waals surface area (Å²) in [6, 6.07) is 6.73. The lowest BCUT2D eigenvalue weighted by Gasteiger charge is -2.35. The number of benzene rings is 1. The van der Waals surface area contributed by atoms with E-state index in [4.69, 9.17) is 4.74 Å². The first-order chi connectivity index (χ1) is 9.10. The van der Waals surface area contributed by atoms with Gasteiger partial charge in [0, 0.05) is 18.6 Å². The van der Waals surface area contributed by atoms with Gasteiger partial charge in [-0.3, -0.25) is 0 Å². The molecule has 1 aromatic carbocycles.